The van der Waals surface area contributed by atoms with E-state index >= 15 is 0 Å². The minimum atomic E-state index is -0.593. The standard InChI is InChI=1S/C21H14IN3O5/c22-16-10-14(7-8-18(16)30-21(27)19-6-3-9-28-19)12-24-25-20(26)13-29-17-5-2-1-4-15(17)11-23/h1-10,12H,13H2,(H,25,26). The summed E-state index contributed by atoms with van der Waals surface area (Å²) >= 11 is 2.03. The lowest BCUT2D eigenvalue weighted by molar-refractivity contribution is -0.123. The van der Waals surface area contributed by atoms with Crippen molar-refractivity contribution >= 4 is 40.7 Å². The molecule has 2 aromatic carbocycles. The lowest BCUT2D eigenvalue weighted by Crippen LogP contribution is -2.24. The van der Waals surface area contributed by atoms with Crippen LogP contribution < -0.4 is 14.9 Å². The molecule has 0 spiro atoms. The number of esters is 1. The zero-order valence-corrected chi connectivity index (χ0v) is 17.5. The minimum absolute atomic E-state index is 0.110. The molecule has 30 heavy (non-hydrogen) atoms. The van der Waals surface area contributed by atoms with Crippen molar-refractivity contribution in [2.24, 2.45) is 5.10 Å². The van der Waals surface area contributed by atoms with E-state index in [9.17, 15) is 9.59 Å². The van der Waals surface area contributed by atoms with E-state index in [1.165, 1.54) is 18.5 Å². The van der Waals surface area contributed by atoms with Crippen LogP contribution >= 0.6 is 22.6 Å². The van der Waals surface area contributed by atoms with Crippen molar-refractivity contribution in [1.29, 1.82) is 5.26 Å². The molecule has 1 N–H and O–H groups in total. The maximum absolute atomic E-state index is 11.9. The van der Waals surface area contributed by atoms with E-state index in [-0.39, 0.29) is 12.4 Å². The molecule has 0 fully saturated rings. The van der Waals surface area contributed by atoms with Crippen LogP contribution in [0.5, 0.6) is 11.5 Å². The number of halogens is 1. The molecule has 0 aliphatic rings. The molecular weight excluding hydrogens is 501 g/mol. The third-order valence-electron chi connectivity index (χ3n) is 3.65. The van der Waals surface area contributed by atoms with Crippen LogP contribution in [0.2, 0.25) is 0 Å². The number of nitrogens with zero attached hydrogens (tertiary/aromatic N) is 2. The number of hydrogen-bond acceptors (Lipinski definition) is 7. The summed E-state index contributed by atoms with van der Waals surface area (Å²) < 4.78 is 16.3. The van der Waals surface area contributed by atoms with Crippen molar-refractivity contribution in [2.75, 3.05) is 6.61 Å². The summed E-state index contributed by atoms with van der Waals surface area (Å²) in [6.07, 6.45) is 2.84. The highest BCUT2D eigenvalue weighted by molar-refractivity contribution is 14.1. The van der Waals surface area contributed by atoms with Crippen LogP contribution in [0.25, 0.3) is 0 Å². The van der Waals surface area contributed by atoms with Crippen molar-refractivity contribution in [3.63, 3.8) is 0 Å². The summed E-state index contributed by atoms with van der Waals surface area (Å²) in [6.45, 7) is -0.283. The zero-order chi connectivity index (χ0) is 21.3. The number of hydrogen-bond donors (Lipinski definition) is 1. The molecule has 0 aliphatic heterocycles. The molecule has 1 heterocycles. The molecule has 1 aromatic heterocycles. The third-order valence-corrected chi connectivity index (χ3v) is 4.49. The second-order valence-corrected chi connectivity index (χ2v) is 6.91. The predicted octanol–water partition coefficient (Wildman–Crippen LogP) is 3.50. The van der Waals surface area contributed by atoms with Crippen LogP contribution in [0.1, 0.15) is 21.7 Å². The third kappa shape index (κ3) is 5.68. The number of ether oxygens (including phenoxy) is 2. The average molecular weight is 515 g/mol. The highest BCUT2D eigenvalue weighted by Gasteiger charge is 2.13. The molecule has 0 atom stereocenters. The smallest absolute Gasteiger partial charge is 0.379 e. The Morgan fingerprint density at radius 2 is 2.00 bits per heavy atom. The fraction of sp³-hybridized carbons (Fsp3) is 0.0476. The number of amides is 1. The summed E-state index contributed by atoms with van der Waals surface area (Å²) in [5, 5.41) is 12.9. The van der Waals surface area contributed by atoms with E-state index in [2.05, 4.69) is 10.5 Å². The fourth-order valence-corrected chi connectivity index (χ4v) is 2.91. The molecular formula is C21H14IN3O5. The van der Waals surface area contributed by atoms with Gasteiger partial charge in [0.15, 0.2) is 6.61 Å². The summed E-state index contributed by atoms with van der Waals surface area (Å²) in [5.41, 5.74) is 3.38. The van der Waals surface area contributed by atoms with Crippen molar-refractivity contribution in [1.82, 2.24) is 5.43 Å². The van der Waals surface area contributed by atoms with Crippen LogP contribution in [-0.2, 0) is 4.79 Å². The molecule has 8 nitrogen and oxygen atoms in total. The van der Waals surface area contributed by atoms with E-state index in [1.807, 2.05) is 28.7 Å². The van der Waals surface area contributed by atoms with Gasteiger partial charge in [-0.25, -0.2) is 10.2 Å². The lowest BCUT2D eigenvalue weighted by atomic mass is 10.2. The second kappa shape index (κ2) is 10.2. The maximum atomic E-state index is 11.9. The highest BCUT2D eigenvalue weighted by Crippen LogP contribution is 2.23. The molecule has 0 radical (unpaired) electrons. The normalized spacial score (nSPS) is 10.4. The maximum Gasteiger partial charge on any atom is 0.379 e. The molecule has 9 heteroatoms. The summed E-state index contributed by atoms with van der Waals surface area (Å²) in [6, 6.07) is 16.8. The van der Waals surface area contributed by atoms with Gasteiger partial charge in [0.2, 0.25) is 5.76 Å². The van der Waals surface area contributed by atoms with Gasteiger partial charge in [-0.2, -0.15) is 10.4 Å². The van der Waals surface area contributed by atoms with Gasteiger partial charge in [-0.15, -0.1) is 0 Å². The number of benzene rings is 2. The molecule has 150 valence electrons. The summed E-state index contributed by atoms with van der Waals surface area (Å²) in [7, 11) is 0. The van der Waals surface area contributed by atoms with Gasteiger partial charge in [-0.05, 0) is 70.6 Å². The van der Waals surface area contributed by atoms with Gasteiger partial charge < -0.3 is 13.9 Å². The van der Waals surface area contributed by atoms with Crippen LogP contribution in [0.3, 0.4) is 0 Å². The Bertz CT molecular complexity index is 1120. The van der Waals surface area contributed by atoms with Crippen LogP contribution in [0.4, 0.5) is 0 Å². The van der Waals surface area contributed by atoms with E-state index in [0.29, 0.717) is 26.2 Å². The first kappa shape index (κ1) is 21.1. The number of furan rings is 1. The number of hydrazone groups is 1. The fourth-order valence-electron chi connectivity index (χ4n) is 2.26. The van der Waals surface area contributed by atoms with Gasteiger partial charge in [-0.3, -0.25) is 4.79 Å². The number of rotatable bonds is 7. The Hall–Kier alpha value is -3.65. The first-order valence-electron chi connectivity index (χ1n) is 8.56. The van der Waals surface area contributed by atoms with Crippen molar-refractivity contribution in [3.05, 3.63) is 81.3 Å². The Labute approximate surface area is 185 Å². The van der Waals surface area contributed by atoms with Gasteiger partial charge in [0.25, 0.3) is 5.91 Å². The van der Waals surface area contributed by atoms with Gasteiger partial charge in [-0.1, -0.05) is 12.1 Å². The minimum Gasteiger partial charge on any atom is -0.482 e. The van der Waals surface area contributed by atoms with Crippen molar-refractivity contribution in [3.8, 4) is 17.6 Å². The highest BCUT2D eigenvalue weighted by atomic mass is 127. The first-order chi connectivity index (χ1) is 14.6. The van der Waals surface area contributed by atoms with E-state index < -0.39 is 11.9 Å². The molecule has 0 saturated heterocycles. The molecule has 3 rings (SSSR count). The van der Waals surface area contributed by atoms with Crippen LogP contribution in [-0.4, -0.2) is 24.7 Å². The largest absolute Gasteiger partial charge is 0.482 e. The molecule has 0 aliphatic carbocycles. The van der Waals surface area contributed by atoms with E-state index in [1.54, 1.807) is 48.5 Å². The molecule has 0 saturated carbocycles. The van der Waals surface area contributed by atoms with Gasteiger partial charge in [0, 0.05) is 0 Å². The van der Waals surface area contributed by atoms with Crippen molar-refractivity contribution in [2.45, 2.75) is 0 Å². The zero-order valence-electron chi connectivity index (χ0n) is 15.4. The van der Waals surface area contributed by atoms with Gasteiger partial charge >= 0.3 is 5.97 Å². The molecule has 1 amide bonds. The number of carbonyl (C=O) groups is 2. The van der Waals surface area contributed by atoms with Gasteiger partial charge in [0.1, 0.15) is 17.6 Å². The lowest BCUT2D eigenvalue weighted by Gasteiger charge is -2.06. The van der Waals surface area contributed by atoms with Gasteiger partial charge in [0.05, 0.1) is 21.6 Å². The van der Waals surface area contributed by atoms with E-state index in [0.717, 1.165) is 0 Å². The predicted molar refractivity (Wildman–Crippen MR) is 115 cm³/mol. The Morgan fingerprint density at radius 3 is 2.73 bits per heavy atom. The quantitative estimate of drug-likeness (QED) is 0.170. The average Bonchev–Trinajstić information content (AvgIpc) is 3.29. The van der Waals surface area contributed by atoms with E-state index in [4.69, 9.17) is 19.2 Å². The molecule has 3 aromatic rings. The Balaban J connectivity index is 1.52. The monoisotopic (exact) mass is 515 g/mol. The Kier molecular flexibility index (Phi) is 7.18. The number of para-hydroxylation sites is 1. The van der Waals surface area contributed by atoms with Crippen LogP contribution in [0.15, 0.2) is 70.4 Å². The topological polar surface area (TPSA) is 114 Å². The molecule has 0 unspecified atom stereocenters. The van der Waals surface area contributed by atoms with Crippen molar-refractivity contribution < 1.29 is 23.5 Å². The van der Waals surface area contributed by atoms with Crippen LogP contribution in [0, 0.1) is 14.9 Å². The SMILES string of the molecule is N#Cc1ccccc1OCC(=O)NN=Cc1ccc(OC(=O)c2ccco2)c(I)c1. The molecule has 0 bridgehead atoms. The summed E-state index contributed by atoms with van der Waals surface area (Å²) in [4.78, 5) is 23.8. The number of carbonyl (C=O) groups excluding carboxylic acids is 2. The Morgan fingerprint density at radius 1 is 1.17 bits per heavy atom. The second-order valence-electron chi connectivity index (χ2n) is 5.75. The number of nitriles is 1. The summed E-state index contributed by atoms with van der Waals surface area (Å²) in [5.74, 6) is -0.253. The first-order valence-corrected chi connectivity index (χ1v) is 9.64. The number of nitrogens with one attached hydrogen (secondary N) is 1.